The molecule has 1 aliphatic heterocycles. The number of benzene rings is 5. The molecule has 3 heterocycles. The number of para-hydroxylation sites is 1. The number of hydrogen-bond donors (Lipinski definition) is 6. The summed E-state index contributed by atoms with van der Waals surface area (Å²) in [6, 6.07) is 36.3. The van der Waals surface area contributed by atoms with Crippen LogP contribution in [0.1, 0.15) is 217 Å². The highest BCUT2D eigenvalue weighted by molar-refractivity contribution is 7.09. The number of Topliss-reactive ketones (excluding diaryl/α,β-unsaturated/α-hetero) is 3. The Morgan fingerprint density at radius 3 is 1.89 bits per heavy atom. The van der Waals surface area contributed by atoms with E-state index < -0.39 is 126 Å². The molecule has 1 fully saturated rings. The largest absolute Gasteiger partial charge is 0.460 e. The van der Waals surface area contributed by atoms with E-state index in [0.29, 0.717) is 49.8 Å². The van der Waals surface area contributed by atoms with Gasteiger partial charge in [0.05, 0.1) is 81.1 Å². The zero-order valence-corrected chi connectivity index (χ0v) is 86.9. The van der Waals surface area contributed by atoms with Gasteiger partial charge < -0.3 is 79.8 Å². The summed E-state index contributed by atoms with van der Waals surface area (Å²) in [7, 11) is 9.61. The topological polar surface area (TPSA) is 407 Å². The number of aromatic nitrogens is 2. The number of aryl methyl sites for hydroxylation is 1. The number of amides is 10. The zero-order chi connectivity index (χ0) is 104. The van der Waals surface area contributed by atoms with E-state index in [0.717, 1.165) is 49.4 Å². The lowest BCUT2D eigenvalue weighted by Gasteiger charge is -2.41. The van der Waals surface area contributed by atoms with E-state index >= 15 is 4.79 Å². The van der Waals surface area contributed by atoms with Crippen molar-refractivity contribution >= 4 is 99.2 Å². The molecular weight excluding hydrogens is 1830 g/mol. The molecule has 2 aromatic heterocycles. The number of primary amides is 1. The van der Waals surface area contributed by atoms with Crippen molar-refractivity contribution in [3.8, 4) is 11.1 Å². The predicted octanol–water partition coefficient (Wildman–Crippen LogP) is 13.8. The fraction of sp³-hybridized carbons (Fsp3) is 0.556. The van der Waals surface area contributed by atoms with Gasteiger partial charge in [0.2, 0.25) is 35.4 Å². The lowest BCUT2D eigenvalue weighted by molar-refractivity contribution is -0.155. The summed E-state index contributed by atoms with van der Waals surface area (Å²) in [5.74, 6) is -6.73. The molecule has 7 aromatic rings. The number of hydrogen-bond acceptors (Lipinski definition) is 23. The fourth-order valence-electron chi connectivity index (χ4n) is 18.8. The number of nitrogens with two attached hydrogens (primary N) is 1. The molecule has 774 valence electrons. The van der Waals surface area contributed by atoms with E-state index in [-0.39, 0.29) is 176 Å². The maximum Gasteiger partial charge on any atom is 0.424 e. The standard InChI is InChI=1S/C108H151N13O20S/c1-19-71(8)98(92(135-17)64-94(126)121-53-30-41-89(121)99(136-18)72(9)100(128)114-87(103-110-52-59-142-103)60-73-32-21-20-22-33-73)117(14)104(131)96(69(4)5)115-102(130)97(70(6)7)118(15)106(133)139-66-75-45-43-74(44-46-75)61-91(124)85(39-29-51-111-105(109)132)113-101(129)83(68(2)3)63-78(122)50-56-138-58-57-137-55-31-42-90(123)86(47-48-95(127)141-108(10,11)12)112-93(125)49-54-120-77(62-76-34-23-28-40-88(76)120)65-116(13)119(16)107(134)140-67-84-81-37-26-24-35-79(81)80-36-25-27-38-82(80)84/h20-28,32-38,40,43-46,52,59,62,68-72,83-87,89,92,96-99H,19,29-31,39,41-42,47-51,53-58,60-61,63-67H2,1-18H3,(H,112,125)(H,113,129)(H,114,128)(H,115,130)(H3,109,111,132)/t71-,72+,83-,85-,86-,87-,89-,92+,96-,97-,98-,99+/m0/s1. The number of thiazole rings is 1. The van der Waals surface area contributed by atoms with Crippen LogP contribution in [-0.2, 0) is 114 Å². The molecule has 0 saturated carbocycles. The third kappa shape index (κ3) is 33.1. The minimum Gasteiger partial charge on any atom is -0.460 e. The maximum absolute atomic E-state index is 15.0. The van der Waals surface area contributed by atoms with Crippen LogP contribution in [0.25, 0.3) is 22.0 Å². The number of ketones is 3. The number of carbonyl (C=O) groups is 13. The van der Waals surface area contributed by atoms with Crippen LogP contribution >= 0.6 is 11.3 Å². The Bertz CT molecular complexity index is 5270. The van der Waals surface area contributed by atoms with Crippen LogP contribution in [0.15, 0.2) is 145 Å². The molecule has 7 N–H and O–H groups in total. The van der Waals surface area contributed by atoms with Gasteiger partial charge in [0.25, 0.3) is 0 Å². The van der Waals surface area contributed by atoms with E-state index in [1.807, 2.05) is 129 Å². The number of nitrogens with zero attached hydrogens (tertiary/aromatic N) is 7. The molecule has 2 aliphatic rings. The van der Waals surface area contributed by atoms with Gasteiger partial charge in [0.15, 0.2) is 11.6 Å². The van der Waals surface area contributed by atoms with Crippen molar-refractivity contribution in [2.24, 2.45) is 41.2 Å². The molecule has 142 heavy (non-hydrogen) atoms. The second-order valence-electron chi connectivity index (χ2n) is 39.4. The van der Waals surface area contributed by atoms with Crippen molar-refractivity contribution < 1.29 is 95.5 Å². The molecule has 1 aliphatic carbocycles. The molecule has 34 heteroatoms. The Morgan fingerprint density at radius 2 is 1.27 bits per heavy atom. The Balaban J connectivity index is 0.706. The molecule has 0 bridgehead atoms. The van der Waals surface area contributed by atoms with Gasteiger partial charge in [0, 0.05) is 142 Å². The number of urea groups is 1. The fourth-order valence-corrected chi connectivity index (χ4v) is 19.5. The van der Waals surface area contributed by atoms with Gasteiger partial charge in [-0.1, -0.05) is 190 Å². The number of nitrogens with one attached hydrogen (secondary N) is 5. The molecule has 1 saturated heterocycles. The number of rotatable bonds is 58. The second kappa shape index (κ2) is 55.7. The summed E-state index contributed by atoms with van der Waals surface area (Å²) in [6.45, 7) is 23.3. The molecule has 33 nitrogen and oxygen atoms in total. The average Bonchev–Trinajstić information content (AvgIpc) is 1.62. The highest BCUT2D eigenvalue weighted by Gasteiger charge is 2.45. The van der Waals surface area contributed by atoms with Crippen molar-refractivity contribution in [1.29, 1.82) is 0 Å². The van der Waals surface area contributed by atoms with Gasteiger partial charge in [0.1, 0.15) is 41.7 Å². The van der Waals surface area contributed by atoms with E-state index in [1.54, 1.807) is 122 Å². The van der Waals surface area contributed by atoms with E-state index in [4.69, 9.17) is 38.9 Å². The summed E-state index contributed by atoms with van der Waals surface area (Å²) in [5.41, 5.74) is 12.9. The molecule has 9 rings (SSSR count). The van der Waals surface area contributed by atoms with Crippen molar-refractivity contribution in [3.05, 3.63) is 184 Å². The summed E-state index contributed by atoms with van der Waals surface area (Å²) in [5, 5.41) is 21.3. The van der Waals surface area contributed by atoms with Crippen LogP contribution in [0, 0.1) is 35.5 Å². The smallest absolute Gasteiger partial charge is 0.424 e. The predicted molar refractivity (Wildman–Crippen MR) is 543 cm³/mol. The Morgan fingerprint density at radius 1 is 0.620 bits per heavy atom. The van der Waals surface area contributed by atoms with Crippen LogP contribution in [0.4, 0.5) is 14.4 Å². The maximum atomic E-state index is 15.0. The summed E-state index contributed by atoms with van der Waals surface area (Å²) in [6.07, 6.45) is 1.64. The highest BCUT2D eigenvalue weighted by atomic mass is 32.1. The number of likely N-dealkylation sites (N-methyl/N-ethyl adjacent to an activating group) is 2. The lowest BCUT2D eigenvalue weighted by Crippen LogP contribution is -2.60. The molecule has 10 amide bonds. The average molecular weight is 1980 g/mol. The first-order chi connectivity index (χ1) is 67.7. The first-order valence-corrected chi connectivity index (χ1v) is 50.7. The van der Waals surface area contributed by atoms with Crippen LogP contribution in [0.2, 0.25) is 0 Å². The normalized spacial score (nSPS) is 15.4. The van der Waals surface area contributed by atoms with Crippen molar-refractivity contribution in [3.63, 3.8) is 0 Å². The van der Waals surface area contributed by atoms with Crippen LogP contribution in [0.5, 0.6) is 0 Å². The molecule has 12 atom stereocenters. The van der Waals surface area contributed by atoms with Crippen molar-refractivity contribution in [2.75, 3.05) is 88.5 Å². The first kappa shape index (κ1) is 114. The van der Waals surface area contributed by atoms with Gasteiger partial charge >= 0.3 is 24.2 Å². The van der Waals surface area contributed by atoms with Gasteiger partial charge in [-0.25, -0.2) is 29.4 Å². The number of esters is 1. The van der Waals surface area contributed by atoms with Crippen LogP contribution in [-0.4, -0.2) is 254 Å². The third-order valence-corrected chi connectivity index (χ3v) is 27.7. The van der Waals surface area contributed by atoms with Crippen molar-refractivity contribution in [2.45, 2.75) is 265 Å². The van der Waals surface area contributed by atoms with E-state index in [1.165, 1.54) is 35.4 Å². The quantitative estimate of drug-likeness (QED) is 0.00892. The number of hydrazine groups is 1. The summed E-state index contributed by atoms with van der Waals surface area (Å²) in [4.78, 5) is 190. The number of likely N-dealkylation sites (tertiary alicyclic amines) is 1. The molecule has 5 aromatic carbocycles. The molecule has 0 spiro atoms. The SMILES string of the molecule is CC[C@H](C)[C@@H]([C@@H](CC(=O)N1CCC[C@H]1[C@H](OC)[C@@H](C)C(=O)N[C@@H](Cc1ccccc1)c1nccs1)OC)N(C)C(=O)[C@@H](NC(=O)[C@H](C(C)C)N(C)C(=O)OCc1ccc(CC(=O)[C@H](CCCNC(N)=O)NC(=O)[C@@H](CC(=O)CCOCCOCCCC(=O)[C@H](CCC(=O)OC(C)(C)C)NC(=O)CCn2c(CN(C)N(C)C(=O)OCC3c4ccccc4-c4ccccc43)cc3ccccc32)C(C)C)cc1)C(C)C. The first-order valence-electron chi connectivity index (χ1n) is 49.8. The Labute approximate surface area is 840 Å². The molecular formula is C108H151N13O20S. The summed E-state index contributed by atoms with van der Waals surface area (Å²) >= 11 is 1.47. The monoisotopic (exact) mass is 1980 g/mol. The van der Waals surface area contributed by atoms with Gasteiger partial charge in [-0.3, -0.25) is 52.8 Å². The van der Waals surface area contributed by atoms with Gasteiger partial charge in [-0.05, 0) is 146 Å². The van der Waals surface area contributed by atoms with Gasteiger partial charge in [-0.15, -0.1) is 11.3 Å². The van der Waals surface area contributed by atoms with Crippen LogP contribution in [0.3, 0.4) is 0 Å². The Kier molecular flexibility index (Phi) is 44.6. The lowest BCUT2D eigenvalue weighted by atomic mass is 9.88. The second-order valence-corrected chi connectivity index (χ2v) is 40.3. The molecule has 0 unspecified atom stereocenters. The molecule has 0 radical (unpaired) electrons. The summed E-state index contributed by atoms with van der Waals surface area (Å²) < 4.78 is 43.2. The van der Waals surface area contributed by atoms with E-state index in [2.05, 4.69) is 55.8 Å². The Hall–Kier alpha value is -11.8. The van der Waals surface area contributed by atoms with Crippen LogP contribution < -0.4 is 32.3 Å². The zero-order valence-electron chi connectivity index (χ0n) is 86.1. The minimum atomic E-state index is -1.10. The highest BCUT2D eigenvalue weighted by Crippen LogP contribution is 2.45. The van der Waals surface area contributed by atoms with E-state index in [9.17, 15) is 57.5 Å². The number of carbonyl (C=O) groups excluding carboxylic acids is 13. The number of methoxy groups -OCH3 is 2. The minimum absolute atomic E-state index is 0.0102. The number of fused-ring (bicyclic) bond motifs is 4. The third-order valence-electron chi connectivity index (χ3n) is 26.8. The van der Waals surface area contributed by atoms with Gasteiger partial charge in [-0.2, -0.15) is 0 Å². The number of ether oxygens (including phenoxy) is 7. The van der Waals surface area contributed by atoms with Crippen molar-refractivity contribution in [1.82, 2.24) is 60.9 Å².